The summed E-state index contributed by atoms with van der Waals surface area (Å²) in [7, 11) is 1.42. The van der Waals surface area contributed by atoms with Crippen LogP contribution >= 0.6 is 0 Å². The fourth-order valence-corrected chi connectivity index (χ4v) is 2.91. The average molecular weight is 367 g/mol. The van der Waals surface area contributed by atoms with E-state index in [0.29, 0.717) is 11.5 Å². The Morgan fingerprint density at radius 2 is 1.77 bits per heavy atom. The van der Waals surface area contributed by atoms with Crippen LogP contribution in [-0.2, 0) is 14.4 Å². The normalized spacial score (nSPS) is 14.9. The molecule has 3 atom stereocenters. The predicted octanol–water partition coefficient (Wildman–Crippen LogP) is 1.87. The fraction of sp³-hybridized carbons (Fsp3) is 0.632. The lowest BCUT2D eigenvalue weighted by Gasteiger charge is -2.37. The smallest absolute Gasteiger partial charge is 0.250 e. The summed E-state index contributed by atoms with van der Waals surface area (Å²) < 4.78 is 0. The largest absolute Gasteiger partial charge is 0.369 e. The predicted molar refractivity (Wildman–Crippen MR) is 101 cm³/mol. The highest BCUT2D eigenvalue weighted by Crippen LogP contribution is 2.31. The molecule has 0 saturated carbocycles. The Kier molecular flexibility index (Phi) is 9.27. The Balaban J connectivity index is 5.97. The molecule has 0 aromatic heterocycles. The minimum atomic E-state index is -1.19. The van der Waals surface area contributed by atoms with Crippen molar-refractivity contribution in [2.24, 2.45) is 28.9 Å². The molecule has 148 valence electrons. The molecule has 4 N–H and O–H groups in total. The van der Waals surface area contributed by atoms with Crippen LogP contribution in [0.1, 0.15) is 40.5 Å². The van der Waals surface area contributed by atoms with E-state index in [0.717, 1.165) is 0 Å². The molecular weight excluding hydrogens is 334 g/mol. The molecule has 7 nitrogen and oxygen atoms in total. The van der Waals surface area contributed by atoms with Gasteiger partial charge < -0.3 is 11.1 Å². The zero-order valence-electron chi connectivity index (χ0n) is 16.5. The molecule has 0 aromatic carbocycles. The molecule has 0 spiro atoms. The van der Waals surface area contributed by atoms with Gasteiger partial charge in [-0.2, -0.15) is 0 Å². The first-order valence-electron chi connectivity index (χ1n) is 8.71. The number of primary amides is 1. The van der Waals surface area contributed by atoms with Crippen molar-refractivity contribution < 1.29 is 19.6 Å². The number of nitrogens with zero attached hydrogens (tertiary/aromatic N) is 1. The summed E-state index contributed by atoms with van der Waals surface area (Å²) in [4.78, 5) is 37.2. The number of rotatable bonds is 11. The summed E-state index contributed by atoms with van der Waals surface area (Å²) in [5, 5.41) is 13.5. The third-order valence-corrected chi connectivity index (χ3v) is 4.51. The maximum absolute atomic E-state index is 13.0. The SMILES string of the molecule is C=CCC(C(N)=O)C(CC(C)C)C(=O)N(O)C(C(=O)NC)C(C)(C)C=C. The molecular formula is C19H33N3O4. The highest BCUT2D eigenvalue weighted by Gasteiger charge is 2.43. The van der Waals surface area contributed by atoms with Gasteiger partial charge in [0.2, 0.25) is 11.8 Å². The minimum absolute atomic E-state index is 0.0786. The fourth-order valence-electron chi connectivity index (χ4n) is 2.91. The first-order valence-corrected chi connectivity index (χ1v) is 8.71. The van der Waals surface area contributed by atoms with Gasteiger partial charge in [-0.15, -0.1) is 13.2 Å². The molecule has 0 aliphatic rings. The van der Waals surface area contributed by atoms with Crippen molar-refractivity contribution in [2.45, 2.75) is 46.6 Å². The van der Waals surface area contributed by atoms with Crippen LogP contribution in [0.25, 0.3) is 0 Å². The van der Waals surface area contributed by atoms with Gasteiger partial charge in [-0.3, -0.25) is 19.6 Å². The molecule has 0 heterocycles. The first-order chi connectivity index (χ1) is 11.9. The molecule has 0 bridgehead atoms. The Hall–Kier alpha value is -2.15. The zero-order valence-corrected chi connectivity index (χ0v) is 16.5. The monoisotopic (exact) mass is 367 g/mol. The molecule has 26 heavy (non-hydrogen) atoms. The van der Waals surface area contributed by atoms with Crippen LogP contribution in [-0.4, -0.2) is 41.1 Å². The Labute approximate surface area is 156 Å². The molecule has 0 radical (unpaired) electrons. The van der Waals surface area contributed by atoms with Crippen molar-refractivity contribution >= 4 is 17.7 Å². The number of allylic oxidation sites excluding steroid dienone is 1. The van der Waals surface area contributed by atoms with Crippen molar-refractivity contribution in [3.8, 4) is 0 Å². The molecule has 7 heteroatoms. The van der Waals surface area contributed by atoms with Crippen LogP contribution in [0, 0.1) is 23.2 Å². The van der Waals surface area contributed by atoms with Gasteiger partial charge in [-0.25, -0.2) is 5.06 Å². The molecule has 3 unspecified atom stereocenters. The maximum Gasteiger partial charge on any atom is 0.250 e. The first kappa shape index (κ1) is 23.9. The van der Waals surface area contributed by atoms with Crippen LogP contribution in [0.5, 0.6) is 0 Å². The van der Waals surface area contributed by atoms with E-state index in [9.17, 15) is 19.6 Å². The molecule has 0 aliphatic carbocycles. The summed E-state index contributed by atoms with van der Waals surface area (Å²) in [6.07, 6.45) is 3.56. The van der Waals surface area contributed by atoms with Crippen LogP contribution in [0.15, 0.2) is 25.3 Å². The van der Waals surface area contributed by atoms with E-state index in [1.54, 1.807) is 13.8 Å². The van der Waals surface area contributed by atoms with Gasteiger partial charge in [0.15, 0.2) is 0 Å². The van der Waals surface area contributed by atoms with Gasteiger partial charge in [0.05, 0.1) is 11.8 Å². The minimum Gasteiger partial charge on any atom is -0.369 e. The van der Waals surface area contributed by atoms with Gasteiger partial charge in [-0.1, -0.05) is 39.8 Å². The number of hydrogen-bond donors (Lipinski definition) is 3. The van der Waals surface area contributed by atoms with Crippen molar-refractivity contribution in [1.29, 1.82) is 0 Å². The third kappa shape index (κ3) is 5.98. The number of carbonyl (C=O) groups is 3. The van der Waals surface area contributed by atoms with Crippen molar-refractivity contribution in [3.05, 3.63) is 25.3 Å². The number of nitrogens with one attached hydrogen (secondary N) is 1. The second-order valence-corrected chi connectivity index (χ2v) is 7.49. The number of amides is 3. The Morgan fingerprint density at radius 1 is 1.23 bits per heavy atom. The van der Waals surface area contributed by atoms with E-state index in [4.69, 9.17) is 5.73 Å². The van der Waals surface area contributed by atoms with E-state index in [-0.39, 0.29) is 12.3 Å². The molecule has 0 rings (SSSR count). The molecule has 0 aromatic rings. The Bertz CT molecular complexity index is 543. The van der Waals surface area contributed by atoms with Gasteiger partial charge in [0.1, 0.15) is 6.04 Å². The van der Waals surface area contributed by atoms with E-state index in [2.05, 4.69) is 18.5 Å². The van der Waals surface area contributed by atoms with Crippen molar-refractivity contribution in [3.63, 3.8) is 0 Å². The molecule has 0 saturated heterocycles. The summed E-state index contributed by atoms with van der Waals surface area (Å²) in [5.41, 5.74) is 4.58. The lowest BCUT2D eigenvalue weighted by atomic mass is 9.80. The van der Waals surface area contributed by atoms with Crippen molar-refractivity contribution in [2.75, 3.05) is 7.05 Å². The van der Waals surface area contributed by atoms with Gasteiger partial charge >= 0.3 is 0 Å². The van der Waals surface area contributed by atoms with Gasteiger partial charge in [-0.05, 0) is 18.8 Å². The second-order valence-electron chi connectivity index (χ2n) is 7.49. The lowest BCUT2D eigenvalue weighted by molar-refractivity contribution is -0.193. The van der Waals surface area contributed by atoms with Gasteiger partial charge in [0, 0.05) is 12.5 Å². The number of carbonyl (C=O) groups excluding carboxylic acids is 3. The quantitative estimate of drug-likeness (QED) is 0.294. The molecule has 0 fully saturated rings. The maximum atomic E-state index is 13.0. The molecule has 3 amide bonds. The Morgan fingerprint density at radius 3 is 2.12 bits per heavy atom. The summed E-state index contributed by atoms with van der Waals surface area (Å²) in [5.74, 6) is -3.48. The topological polar surface area (TPSA) is 113 Å². The lowest BCUT2D eigenvalue weighted by Crippen LogP contribution is -2.56. The van der Waals surface area contributed by atoms with Crippen LogP contribution in [0.2, 0.25) is 0 Å². The molecule has 0 aliphatic heterocycles. The highest BCUT2D eigenvalue weighted by atomic mass is 16.5. The van der Waals surface area contributed by atoms with Crippen molar-refractivity contribution in [1.82, 2.24) is 10.4 Å². The average Bonchev–Trinajstić information content (AvgIpc) is 2.56. The highest BCUT2D eigenvalue weighted by molar-refractivity contribution is 5.91. The summed E-state index contributed by atoms with van der Waals surface area (Å²) in [6, 6.07) is -1.19. The van der Waals surface area contributed by atoms with E-state index >= 15 is 0 Å². The van der Waals surface area contributed by atoms with Gasteiger partial charge in [0.25, 0.3) is 5.91 Å². The number of hydroxylamine groups is 2. The number of likely N-dealkylation sites (N-methyl/N-ethyl adjacent to an activating group) is 1. The van der Waals surface area contributed by atoms with E-state index in [1.165, 1.54) is 19.2 Å². The van der Waals surface area contributed by atoms with E-state index < -0.39 is 41.0 Å². The van der Waals surface area contributed by atoms with Crippen LogP contribution < -0.4 is 11.1 Å². The second kappa shape index (κ2) is 10.1. The van der Waals surface area contributed by atoms with Crippen LogP contribution in [0.3, 0.4) is 0 Å². The zero-order chi connectivity index (χ0) is 20.7. The van der Waals surface area contributed by atoms with Crippen LogP contribution in [0.4, 0.5) is 0 Å². The van der Waals surface area contributed by atoms with E-state index in [1.807, 2.05) is 13.8 Å². The number of nitrogens with two attached hydrogens (primary N) is 1. The summed E-state index contributed by atoms with van der Waals surface area (Å²) in [6.45, 7) is 14.5. The number of hydrogen-bond acceptors (Lipinski definition) is 4. The third-order valence-electron chi connectivity index (χ3n) is 4.51. The summed E-state index contributed by atoms with van der Waals surface area (Å²) >= 11 is 0. The standard InChI is InChI=1S/C19H33N3O4/c1-8-10-13(16(20)23)14(11-12(3)4)18(25)22(26)15(17(24)21-7)19(5,6)9-2/h8-9,12-15,26H,1-2,10-11H2,3-7H3,(H2,20,23)(H,21,24).